The number of benzene rings is 1. The van der Waals surface area contributed by atoms with Gasteiger partial charge in [0.05, 0.1) is 5.69 Å². The van der Waals surface area contributed by atoms with Crippen LogP contribution in [0.15, 0.2) is 30.3 Å². The topological polar surface area (TPSA) is 29.9 Å². The summed E-state index contributed by atoms with van der Waals surface area (Å²) in [5.74, 6) is 0. The lowest BCUT2D eigenvalue weighted by Gasteiger charge is -2.16. The average molecular weight is 271 g/mol. The first-order valence-corrected chi connectivity index (χ1v) is 7.31. The van der Waals surface area contributed by atoms with Crippen LogP contribution >= 0.6 is 0 Å². The van der Waals surface area contributed by atoms with Crippen molar-refractivity contribution in [1.29, 1.82) is 0 Å². The van der Waals surface area contributed by atoms with Crippen LogP contribution in [0.25, 0.3) is 0 Å². The Balaban J connectivity index is 1.92. The molecule has 0 aliphatic rings. The number of nitrogens with zero attached hydrogens (tertiary/aromatic N) is 2. The molecule has 0 saturated heterocycles. The van der Waals surface area contributed by atoms with E-state index >= 15 is 0 Å². The molecule has 0 spiro atoms. The maximum absolute atomic E-state index is 4.42. The summed E-state index contributed by atoms with van der Waals surface area (Å²) in [6.45, 7) is 4.18. The molecule has 1 N–H and O–H groups in total. The summed E-state index contributed by atoms with van der Waals surface area (Å²) in [6, 6.07) is 11.5. The molecule has 1 heterocycles. The van der Waals surface area contributed by atoms with Gasteiger partial charge in [0.15, 0.2) is 0 Å². The van der Waals surface area contributed by atoms with E-state index in [0.29, 0.717) is 6.04 Å². The fraction of sp³-hybridized carbons (Fsp3) is 0.471. The second-order valence-electron chi connectivity index (χ2n) is 5.61. The van der Waals surface area contributed by atoms with Gasteiger partial charge in [0.1, 0.15) is 0 Å². The van der Waals surface area contributed by atoms with Gasteiger partial charge in [0.25, 0.3) is 0 Å². The molecule has 1 unspecified atom stereocenters. The molecule has 3 heteroatoms. The van der Waals surface area contributed by atoms with Gasteiger partial charge < -0.3 is 5.32 Å². The molecule has 2 rings (SSSR count). The normalized spacial score (nSPS) is 12.6. The molecule has 0 radical (unpaired) electrons. The highest BCUT2D eigenvalue weighted by atomic mass is 15.3. The second kappa shape index (κ2) is 6.71. The molecule has 0 amide bonds. The first kappa shape index (κ1) is 14.8. The van der Waals surface area contributed by atoms with Gasteiger partial charge in [-0.1, -0.05) is 29.8 Å². The van der Waals surface area contributed by atoms with Crippen molar-refractivity contribution >= 4 is 0 Å². The number of likely N-dealkylation sites (N-methyl/N-ethyl adjacent to an activating group) is 1. The lowest BCUT2D eigenvalue weighted by Crippen LogP contribution is -2.29. The minimum absolute atomic E-state index is 0.492. The van der Waals surface area contributed by atoms with E-state index < -0.39 is 0 Å². The van der Waals surface area contributed by atoms with Gasteiger partial charge in [-0.25, -0.2) is 0 Å². The van der Waals surface area contributed by atoms with Crippen molar-refractivity contribution in [3.63, 3.8) is 0 Å². The minimum atomic E-state index is 0.492. The molecule has 0 saturated carbocycles. The highest BCUT2D eigenvalue weighted by Gasteiger charge is 2.11. The Morgan fingerprint density at radius 3 is 2.45 bits per heavy atom. The molecule has 0 aliphatic heterocycles. The molecule has 1 atom stereocenters. The Kier molecular flexibility index (Phi) is 4.96. The zero-order valence-electron chi connectivity index (χ0n) is 13.0. The number of nitrogens with one attached hydrogen (secondary N) is 1. The van der Waals surface area contributed by atoms with Crippen molar-refractivity contribution < 1.29 is 0 Å². The smallest absolute Gasteiger partial charge is 0.0596 e. The number of aryl methyl sites for hydroxylation is 4. The number of aromatic nitrogens is 2. The molecule has 3 nitrogen and oxygen atoms in total. The van der Waals surface area contributed by atoms with Crippen molar-refractivity contribution in [2.75, 3.05) is 7.05 Å². The van der Waals surface area contributed by atoms with Crippen molar-refractivity contribution in [1.82, 2.24) is 15.1 Å². The molecule has 0 aliphatic carbocycles. The number of rotatable bonds is 6. The van der Waals surface area contributed by atoms with Gasteiger partial charge in [0, 0.05) is 25.2 Å². The molecular weight excluding hydrogens is 246 g/mol. The predicted molar refractivity (Wildman–Crippen MR) is 84.0 cm³/mol. The zero-order valence-corrected chi connectivity index (χ0v) is 13.0. The quantitative estimate of drug-likeness (QED) is 0.875. The highest BCUT2D eigenvalue weighted by Crippen LogP contribution is 2.11. The van der Waals surface area contributed by atoms with Gasteiger partial charge in [-0.2, -0.15) is 5.10 Å². The predicted octanol–water partition coefficient (Wildman–Crippen LogP) is 2.80. The first-order valence-electron chi connectivity index (χ1n) is 7.31. The summed E-state index contributed by atoms with van der Waals surface area (Å²) in [5.41, 5.74) is 5.13. The van der Waals surface area contributed by atoms with E-state index in [2.05, 4.69) is 47.7 Å². The van der Waals surface area contributed by atoms with Crippen LogP contribution in [0.3, 0.4) is 0 Å². The molecule has 20 heavy (non-hydrogen) atoms. The van der Waals surface area contributed by atoms with Gasteiger partial charge in [-0.15, -0.1) is 0 Å². The molecule has 1 aromatic heterocycles. The SMILES string of the molecule is CNC(CCc1ccc(C)cc1)Cc1cc(C)nn1C. The third-order valence-corrected chi connectivity index (χ3v) is 3.86. The number of hydrogen-bond acceptors (Lipinski definition) is 2. The lowest BCUT2D eigenvalue weighted by molar-refractivity contribution is 0.503. The Morgan fingerprint density at radius 2 is 1.90 bits per heavy atom. The van der Waals surface area contributed by atoms with Gasteiger partial charge in [0.2, 0.25) is 0 Å². The molecule has 108 valence electrons. The summed E-state index contributed by atoms with van der Waals surface area (Å²) in [6.07, 6.45) is 3.28. The van der Waals surface area contributed by atoms with Crippen LogP contribution in [0.2, 0.25) is 0 Å². The third kappa shape index (κ3) is 3.94. The van der Waals surface area contributed by atoms with Crippen LogP contribution in [-0.2, 0) is 19.9 Å². The van der Waals surface area contributed by atoms with E-state index in [-0.39, 0.29) is 0 Å². The van der Waals surface area contributed by atoms with Crippen LogP contribution in [0.1, 0.15) is 28.9 Å². The van der Waals surface area contributed by atoms with Crippen molar-refractivity contribution in [2.24, 2.45) is 7.05 Å². The Morgan fingerprint density at radius 1 is 1.20 bits per heavy atom. The summed E-state index contributed by atoms with van der Waals surface area (Å²) in [5, 5.41) is 7.84. The van der Waals surface area contributed by atoms with E-state index in [1.165, 1.54) is 16.8 Å². The van der Waals surface area contributed by atoms with Crippen LogP contribution < -0.4 is 5.32 Å². The van der Waals surface area contributed by atoms with Crippen LogP contribution in [0.4, 0.5) is 0 Å². The maximum Gasteiger partial charge on any atom is 0.0596 e. The molecule has 0 fully saturated rings. The Labute approximate surface area is 122 Å². The summed E-state index contributed by atoms with van der Waals surface area (Å²) >= 11 is 0. The standard InChI is InChI=1S/C17H25N3/c1-13-5-7-15(8-6-13)9-10-16(18-3)12-17-11-14(2)19-20(17)4/h5-8,11,16,18H,9-10,12H2,1-4H3. The van der Waals surface area contributed by atoms with Crippen molar-refractivity contribution in [3.8, 4) is 0 Å². The van der Waals surface area contributed by atoms with Crippen LogP contribution in [0, 0.1) is 13.8 Å². The van der Waals surface area contributed by atoms with E-state index in [1.807, 2.05) is 25.7 Å². The van der Waals surface area contributed by atoms with E-state index in [0.717, 1.165) is 25.0 Å². The number of hydrogen-bond donors (Lipinski definition) is 1. The van der Waals surface area contributed by atoms with E-state index in [1.54, 1.807) is 0 Å². The van der Waals surface area contributed by atoms with Crippen molar-refractivity contribution in [2.45, 2.75) is 39.2 Å². The van der Waals surface area contributed by atoms with Gasteiger partial charge in [-0.3, -0.25) is 4.68 Å². The zero-order chi connectivity index (χ0) is 14.5. The maximum atomic E-state index is 4.42. The largest absolute Gasteiger partial charge is 0.317 e. The summed E-state index contributed by atoms with van der Waals surface area (Å²) < 4.78 is 1.99. The van der Waals surface area contributed by atoms with E-state index in [4.69, 9.17) is 0 Å². The summed E-state index contributed by atoms with van der Waals surface area (Å²) in [7, 11) is 4.07. The molecular formula is C17H25N3. The first-order chi connectivity index (χ1) is 9.58. The minimum Gasteiger partial charge on any atom is -0.317 e. The van der Waals surface area contributed by atoms with E-state index in [9.17, 15) is 0 Å². The fourth-order valence-corrected chi connectivity index (χ4v) is 2.55. The molecule has 2 aromatic rings. The monoisotopic (exact) mass is 271 g/mol. The Bertz CT molecular complexity index is 540. The van der Waals surface area contributed by atoms with Gasteiger partial charge >= 0.3 is 0 Å². The average Bonchev–Trinajstić information content (AvgIpc) is 2.74. The lowest BCUT2D eigenvalue weighted by atomic mass is 10.0. The molecule has 1 aromatic carbocycles. The van der Waals surface area contributed by atoms with Crippen LogP contribution in [0.5, 0.6) is 0 Å². The van der Waals surface area contributed by atoms with Crippen LogP contribution in [-0.4, -0.2) is 22.9 Å². The second-order valence-corrected chi connectivity index (χ2v) is 5.61. The fourth-order valence-electron chi connectivity index (χ4n) is 2.55. The third-order valence-electron chi connectivity index (χ3n) is 3.86. The van der Waals surface area contributed by atoms with Gasteiger partial charge in [-0.05, 0) is 45.4 Å². The van der Waals surface area contributed by atoms with Crippen molar-refractivity contribution in [3.05, 3.63) is 52.8 Å². The highest BCUT2D eigenvalue weighted by molar-refractivity contribution is 5.21. The summed E-state index contributed by atoms with van der Waals surface area (Å²) in [4.78, 5) is 0. The Hall–Kier alpha value is -1.61. The molecule has 0 bridgehead atoms.